The summed E-state index contributed by atoms with van der Waals surface area (Å²) in [5, 5.41) is 0. The first-order chi connectivity index (χ1) is 6.02. The van der Waals surface area contributed by atoms with Crippen molar-refractivity contribution in [3.63, 3.8) is 0 Å². The van der Waals surface area contributed by atoms with Crippen LogP contribution in [0, 0.1) is 0 Å². The quantitative estimate of drug-likeness (QED) is 0.452. The molecule has 0 radical (unpaired) electrons. The van der Waals surface area contributed by atoms with Crippen molar-refractivity contribution >= 4 is 61.5 Å². The Morgan fingerprint density at radius 3 is 2.21 bits per heavy atom. The van der Waals surface area contributed by atoms with Gasteiger partial charge in [-0.15, -0.1) is 0 Å². The van der Waals surface area contributed by atoms with Crippen LogP contribution in [0.5, 0.6) is 0 Å². The topological polar surface area (TPSA) is 43.4 Å². The standard InChI is InChI=1S/C9H10O3S.K.H/c1-8(2)12-13(10,11)9-6-4-3-5-7-9;;/h3-7H,1H2,2H3;;. The monoisotopic (exact) mass is 238 g/mol. The maximum absolute atomic E-state index is 11.4. The molecule has 0 saturated carbocycles. The van der Waals surface area contributed by atoms with Gasteiger partial charge in [0.1, 0.15) is 10.7 Å². The zero-order valence-electron chi connectivity index (χ0n) is 7.23. The van der Waals surface area contributed by atoms with Crippen LogP contribution in [0.1, 0.15) is 6.92 Å². The normalized spacial score (nSPS) is 10.1. The Balaban J connectivity index is 0.00000169. The predicted molar refractivity (Wildman–Crippen MR) is 56.7 cm³/mol. The molecule has 0 fully saturated rings. The van der Waals surface area contributed by atoms with Crippen LogP contribution in [0.2, 0.25) is 0 Å². The third-order valence-corrected chi connectivity index (χ3v) is 2.64. The molecule has 14 heavy (non-hydrogen) atoms. The summed E-state index contributed by atoms with van der Waals surface area (Å²) < 4.78 is 27.3. The molecule has 1 aromatic rings. The summed E-state index contributed by atoms with van der Waals surface area (Å²) in [4.78, 5) is 0.137. The minimum absolute atomic E-state index is 0. The Labute approximate surface area is 127 Å². The van der Waals surface area contributed by atoms with Crippen LogP contribution in [-0.4, -0.2) is 59.8 Å². The van der Waals surface area contributed by atoms with Gasteiger partial charge >= 0.3 is 61.5 Å². The van der Waals surface area contributed by atoms with Crippen molar-refractivity contribution in [3.8, 4) is 0 Å². The molecule has 1 aromatic carbocycles. The predicted octanol–water partition coefficient (Wildman–Crippen LogP) is 1.28. The van der Waals surface area contributed by atoms with Crippen LogP contribution < -0.4 is 0 Å². The molecule has 1 rings (SSSR count). The molecule has 0 atom stereocenters. The first kappa shape index (κ1) is 14.3. The van der Waals surface area contributed by atoms with Crippen molar-refractivity contribution in [2.45, 2.75) is 11.8 Å². The van der Waals surface area contributed by atoms with Crippen molar-refractivity contribution in [1.82, 2.24) is 0 Å². The summed E-state index contributed by atoms with van der Waals surface area (Å²) >= 11 is 0. The molecule has 0 N–H and O–H groups in total. The maximum atomic E-state index is 11.4. The molecule has 0 aliphatic carbocycles. The summed E-state index contributed by atoms with van der Waals surface area (Å²) in [5.41, 5.74) is 0. The second-order valence-electron chi connectivity index (χ2n) is 2.55. The molecule has 5 heteroatoms. The van der Waals surface area contributed by atoms with Gasteiger partial charge in [0, 0.05) is 0 Å². The van der Waals surface area contributed by atoms with Crippen molar-refractivity contribution in [2.75, 3.05) is 0 Å². The first-order valence-corrected chi connectivity index (χ1v) is 5.08. The number of hydrogen-bond donors (Lipinski definition) is 0. The third-order valence-electron chi connectivity index (χ3n) is 1.28. The summed E-state index contributed by atoms with van der Waals surface area (Å²) in [7, 11) is -3.66. The second-order valence-corrected chi connectivity index (χ2v) is 4.10. The molecule has 0 bridgehead atoms. The molecule has 72 valence electrons. The van der Waals surface area contributed by atoms with Crippen LogP contribution in [-0.2, 0) is 14.3 Å². The van der Waals surface area contributed by atoms with Crippen molar-refractivity contribution in [1.29, 1.82) is 0 Å². The molecule has 0 heterocycles. The van der Waals surface area contributed by atoms with E-state index >= 15 is 0 Å². The molecule has 0 aliphatic rings. The summed E-state index contributed by atoms with van der Waals surface area (Å²) in [6.45, 7) is 4.85. The zero-order chi connectivity index (χ0) is 9.90. The SMILES string of the molecule is C=C(C)OS(=O)(=O)c1ccccc1.[KH]. The van der Waals surface area contributed by atoms with Gasteiger partial charge in [-0.05, 0) is 19.1 Å². The van der Waals surface area contributed by atoms with E-state index in [0.717, 1.165) is 0 Å². The van der Waals surface area contributed by atoms with Gasteiger partial charge in [0.2, 0.25) is 0 Å². The van der Waals surface area contributed by atoms with Gasteiger partial charge in [0.05, 0.1) is 0 Å². The molecule has 0 aliphatic heterocycles. The van der Waals surface area contributed by atoms with Crippen LogP contribution >= 0.6 is 0 Å². The Hall–Kier alpha value is 0.346. The Morgan fingerprint density at radius 2 is 1.79 bits per heavy atom. The van der Waals surface area contributed by atoms with E-state index in [4.69, 9.17) is 0 Å². The third kappa shape index (κ3) is 4.25. The molecule has 0 spiro atoms. The second kappa shape index (κ2) is 6.04. The van der Waals surface area contributed by atoms with Gasteiger partial charge < -0.3 is 4.18 Å². The molecule has 0 amide bonds. The molecular weight excluding hydrogens is 227 g/mol. The van der Waals surface area contributed by atoms with Gasteiger partial charge in [0.15, 0.2) is 0 Å². The van der Waals surface area contributed by atoms with Crippen LogP contribution in [0.15, 0.2) is 47.6 Å². The van der Waals surface area contributed by atoms with Gasteiger partial charge in [-0.2, -0.15) is 8.42 Å². The Bertz CT molecular complexity index is 397. The van der Waals surface area contributed by atoms with Gasteiger partial charge in [-0.1, -0.05) is 24.8 Å². The van der Waals surface area contributed by atoms with Crippen molar-refractivity contribution in [3.05, 3.63) is 42.7 Å². The Kier molecular flexibility index (Phi) is 6.19. The van der Waals surface area contributed by atoms with E-state index < -0.39 is 10.1 Å². The van der Waals surface area contributed by atoms with E-state index in [1.54, 1.807) is 18.2 Å². The molecule has 0 unspecified atom stereocenters. The van der Waals surface area contributed by atoms with Crippen molar-refractivity contribution < 1.29 is 12.6 Å². The minimum atomic E-state index is -3.66. The van der Waals surface area contributed by atoms with E-state index in [-0.39, 0.29) is 62.0 Å². The van der Waals surface area contributed by atoms with E-state index in [0.29, 0.717) is 0 Å². The average molecular weight is 238 g/mol. The fraction of sp³-hybridized carbons (Fsp3) is 0.111. The van der Waals surface area contributed by atoms with Crippen LogP contribution in [0.25, 0.3) is 0 Å². The number of allylic oxidation sites excluding steroid dienone is 1. The average Bonchev–Trinajstić information content (AvgIpc) is 2.04. The van der Waals surface area contributed by atoms with Crippen LogP contribution in [0.4, 0.5) is 0 Å². The summed E-state index contributed by atoms with van der Waals surface area (Å²) in [5.74, 6) is 0.156. The van der Waals surface area contributed by atoms with Crippen molar-refractivity contribution in [2.24, 2.45) is 0 Å². The van der Waals surface area contributed by atoms with E-state index in [1.165, 1.54) is 19.1 Å². The zero-order valence-corrected chi connectivity index (χ0v) is 8.04. The molecule has 0 saturated heterocycles. The molecule has 0 aromatic heterocycles. The number of benzene rings is 1. The van der Waals surface area contributed by atoms with E-state index in [1.807, 2.05) is 0 Å². The van der Waals surface area contributed by atoms with Crippen LogP contribution in [0.3, 0.4) is 0 Å². The fourth-order valence-electron chi connectivity index (χ4n) is 0.823. The summed E-state index contributed by atoms with van der Waals surface area (Å²) in [6, 6.07) is 7.94. The van der Waals surface area contributed by atoms with Gasteiger partial charge in [-0.25, -0.2) is 0 Å². The van der Waals surface area contributed by atoms with Gasteiger partial charge in [0.25, 0.3) is 0 Å². The van der Waals surface area contributed by atoms with E-state index in [9.17, 15) is 8.42 Å². The van der Waals surface area contributed by atoms with E-state index in [2.05, 4.69) is 10.8 Å². The number of hydrogen-bond acceptors (Lipinski definition) is 3. The fourth-order valence-corrected chi connectivity index (χ4v) is 1.78. The first-order valence-electron chi connectivity index (χ1n) is 3.67. The number of rotatable bonds is 3. The molecular formula is C9H11KO3S. The summed E-state index contributed by atoms with van der Waals surface area (Å²) in [6.07, 6.45) is 0. The van der Waals surface area contributed by atoms with Gasteiger partial charge in [-0.3, -0.25) is 0 Å². The molecule has 3 nitrogen and oxygen atoms in total. The Morgan fingerprint density at radius 1 is 1.29 bits per heavy atom.